The molecule has 8 aromatic rings. The third-order valence-electron chi connectivity index (χ3n) is 12.5. The Hall–Kier alpha value is -7.66. The predicted octanol–water partition coefficient (Wildman–Crippen LogP) is 16.8. The summed E-state index contributed by atoms with van der Waals surface area (Å²) < 4.78 is 2.36. The molecule has 0 saturated heterocycles. The van der Waals surface area contributed by atoms with Gasteiger partial charge in [-0.2, -0.15) is 0 Å². The zero-order valence-corrected chi connectivity index (χ0v) is 40.3. The molecule has 3 heterocycles. The average Bonchev–Trinajstić information content (AvgIpc) is 3.76. The zero-order valence-electron chi connectivity index (χ0n) is 40.3. The Bertz CT molecular complexity index is 3120. The summed E-state index contributed by atoms with van der Waals surface area (Å²) in [6, 6.07) is 63.0. The fraction of sp³-hybridized carbons (Fsp3) is 0.156. The van der Waals surface area contributed by atoms with Crippen LogP contribution in [0, 0.1) is 0 Å². The van der Waals surface area contributed by atoms with Gasteiger partial charge in [0.15, 0.2) is 0 Å². The van der Waals surface area contributed by atoms with Gasteiger partial charge in [0.1, 0.15) is 6.17 Å². The highest BCUT2D eigenvalue weighted by molar-refractivity contribution is 6.10. The normalized spacial score (nSPS) is 16.3. The Morgan fingerprint density at radius 1 is 0.632 bits per heavy atom. The third kappa shape index (κ3) is 10.3. The molecule has 68 heavy (non-hydrogen) atoms. The Labute approximate surface area is 404 Å². The van der Waals surface area contributed by atoms with E-state index in [2.05, 4.69) is 246 Å². The van der Waals surface area contributed by atoms with Crippen molar-refractivity contribution in [1.29, 1.82) is 0 Å². The van der Waals surface area contributed by atoms with Crippen LogP contribution in [0.2, 0.25) is 0 Å². The van der Waals surface area contributed by atoms with Crippen molar-refractivity contribution in [1.82, 2.24) is 15.2 Å². The molecule has 0 bridgehead atoms. The lowest BCUT2D eigenvalue weighted by Gasteiger charge is -2.30. The van der Waals surface area contributed by atoms with Crippen LogP contribution in [-0.4, -0.2) is 11.1 Å². The van der Waals surface area contributed by atoms with E-state index in [1.807, 2.05) is 33.8 Å². The molecule has 1 atom stereocenters. The summed E-state index contributed by atoms with van der Waals surface area (Å²) in [4.78, 5) is 2.30. The molecule has 0 saturated carbocycles. The Balaban J connectivity index is 0.000000465. The number of para-hydroxylation sites is 3. The first-order valence-electron chi connectivity index (χ1n) is 24.5. The van der Waals surface area contributed by atoms with Crippen molar-refractivity contribution in [3.8, 4) is 5.69 Å². The molecule has 3 aliphatic rings. The lowest BCUT2D eigenvalue weighted by molar-refractivity contribution is 0.509. The van der Waals surface area contributed by atoms with Crippen molar-refractivity contribution >= 4 is 55.6 Å². The number of nitrogens with one attached hydrogen (secondary N) is 2. The molecule has 0 spiro atoms. The molecule has 1 aromatic heterocycles. The highest BCUT2D eigenvalue weighted by Crippen LogP contribution is 2.39. The van der Waals surface area contributed by atoms with Crippen molar-refractivity contribution in [3.63, 3.8) is 0 Å². The van der Waals surface area contributed by atoms with Gasteiger partial charge in [-0.05, 0) is 131 Å². The molecule has 340 valence electrons. The summed E-state index contributed by atoms with van der Waals surface area (Å²) in [6.07, 6.45) is 18.8. The largest absolute Gasteiger partial charge is 0.366 e. The molecule has 0 amide bonds. The smallest absolute Gasteiger partial charge is 0.103 e. The van der Waals surface area contributed by atoms with Crippen LogP contribution in [0.3, 0.4) is 0 Å². The van der Waals surface area contributed by atoms with Gasteiger partial charge in [-0.3, -0.25) is 5.32 Å². The number of hydrogen-bond acceptors (Lipinski definition) is 3. The van der Waals surface area contributed by atoms with Crippen LogP contribution in [0.25, 0.3) is 49.9 Å². The molecule has 7 aromatic carbocycles. The van der Waals surface area contributed by atoms with Crippen molar-refractivity contribution in [2.24, 2.45) is 0 Å². The fourth-order valence-corrected chi connectivity index (χ4v) is 9.14. The maximum absolute atomic E-state index is 4.60. The number of fused-ring (bicyclic) bond motifs is 4. The number of aromatic nitrogens is 1. The van der Waals surface area contributed by atoms with Crippen molar-refractivity contribution < 1.29 is 0 Å². The molecule has 11 rings (SSSR count). The quantitative estimate of drug-likeness (QED) is 0.167. The second kappa shape index (κ2) is 22.7. The highest BCUT2D eigenvalue weighted by atomic mass is 15.2. The average molecular weight is 889 g/mol. The second-order valence-electron chi connectivity index (χ2n) is 16.5. The van der Waals surface area contributed by atoms with Crippen molar-refractivity contribution in [2.45, 2.75) is 60.0 Å². The zero-order chi connectivity index (χ0) is 47.2. The van der Waals surface area contributed by atoms with Gasteiger partial charge in [-0.1, -0.05) is 187 Å². The van der Waals surface area contributed by atoms with Crippen LogP contribution in [0.15, 0.2) is 225 Å². The van der Waals surface area contributed by atoms with Gasteiger partial charge in [-0.15, -0.1) is 0 Å². The van der Waals surface area contributed by atoms with Gasteiger partial charge >= 0.3 is 0 Å². The van der Waals surface area contributed by atoms with Crippen LogP contribution in [0.1, 0.15) is 87.0 Å². The third-order valence-corrected chi connectivity index (χ3v) is 12.5. The van der Waals surface area contributed by atoms with E-state index in [1.165, 1.54) is 49.6 Å². The molecular formula is C64H64N4. The molecular weight excluding hydrogens is 825 g/mol. The second-order valence-corrected chi connectivity index (χ2v) is 16.5. The number of allylic oxidation sites excluding steroid dienone is 8. The fourth-order valence-electron chi connectivity index (χ4n) is 9.14. The monoisotopic (exact) mass is 889 g/mol. The summed E-state index contributed by atoms with van der Waals surface area (Å²) in [6.45, 7) is 15.5. The minimum Gasteiger partial charge on any atom is -0.366 e. The summed E-state index contributed by atoms with van der Waals surface area (Å²) in [5.74, 6) is 0. The molecule has 2 N–H and O–H groups in total. The number of benzene rings is 7. The standard InChI is InChI=1S/C52H42N4.C8H10.2C2H6/c1-36-33-41(40-27-28-51-47(35-40)46-20-9-11-22-50(46)56(51)43-16-6-3-7-17-43)30-32-55(49-21-10-8-19-45(36)49)44-18-12-15-42(34-44)52-53-31-29-48(54-52)39-25-23-38(24-26-39)37-13-4-2-5-14-37;1-2-8-6-4-3-5-7-8;2*1-2/h2-4,6-13,15-30,32-35,52-54H,1,5,14,31H2;3-7H,2H2,1H3;2*1-2H3/b32-30-,41-33+;;;. The van der Waals surface area contributed by atoms with Gasteiger partial charge in [0.2, 0.25) is 0 Å². The van der Waals surface area contributed by atoms with E-state index in [0.717, 1.165) is 70.8 Å². The Morgan fingerprint density at radius 3 is 2.06 bits per heavy atom. The first-order chi connectivity index (χ1) is 33.6. The van der Waals surface area contributed by atoms with Gasteiger partial charge < -0.3 is 14.8 Å². The van der Waals surface area contributed by atoms with E-state index < -0.39 is 0 Å². The minimum atomic E-state index is -0.0371. The van der Waals surface area contributed by atoms with E-state index in [4.69, 9.17) is 0 Å². The van der Waals surface area contributed by atoms with Crippen LogP contribution in [0.4, 0.5) is 11.4 Å². The van der Waals surface area contributed by atoms with Gasteiger partial charge in [-0.25, -0.2) is 0 Å². The van der Waals surface area contributed by atoms with E-state index in [9.17, 15) is 0 Å². The van der Waals surface area contributed by atoms with Crippen LogP contribution in [-0.2, 0) is 6.42 Å². The summed E-state index contributed by atoms with van der Waals surface area (Å²) in [5.41, 5.74) is 17.7. The van der Waals surface area contributed by atoms with E-state index in [-0.39, 0.29) is 6.17 Å². The number of hydrogen-bond donors (Lipinski definition) is 2. The van der Waals surface area contributed by atoms with E-state index in [0.29, 0.717) is 0 Å². The van der Waals surface area contributed by atoms with Crippen molar-refractivity contribution in [2.75, 3.05) is 11.4 Å². The lowest BCUT2D eigenvalue weighted by Crippen LogP contribution is -2.37. The summed E-state index contributed by atoms with van der Waals surface area (Å²) in [7, 11) is 0. The SMILES string of the molecule is C=C1/C=C(c2ccc3c(c2)c2ccccc2n3-c2ccccc2)\C=C/N(c2cccc(C3NCC=C(c4ccc(C5=CC=CCC5)cc4)N3)c2)c2ccccc21.CC.CC.CCc1ccccc1. The van der Waals surface area contributed by atoms with E-state index >= 15 is 0 Å². The summed E-state index contributed by atoms with van der Waals surface area (Å²) in [5, 5.41) is 9.94. The maximum Gasteiger partial charge on any atom is 0.103 e. The highest BCUT2D eigenvalue weighted by Gasteiger charge is 2.21. The van der Waals surface area contributed by atoms with Crippen molar-refractivity contribution in [3.05, 3.63) is 259 Å². The molecule has 4 heteroatoms. The molecule has 1 unspecified atom stereocenters. The number of rotatable bonds is 7. The van der Waals surface area contributed by atoms with Crippen LogP contribution < -0.4 is 15.5 Å². The first-order valence-corrected chi connectivity index (χ1v) is 24.5. The van der Waals surface area contributed by atoms with Gasteiger partial charge in [0.05, 0.1) is 16.7 Å². The maximum atomic E-state index is 4.60. The number of nitrogens with zero attached hydrogens (tertiary/aromatic N) is 2. The molecule has 4 nitrogen and oxygen atoms in total. The molecule has 0 fully saturated rings. The summed E-state index contributed by atoms with van der Waals surface area (Å²) >= 11 is 0. The molecule has 2 aliphatic heterocycles. The lowest BCUT2D eigenvalue weighted by atomic mass is 9.95. The van der Waals surface area contributed by atoms with E-state index in [1.54, 1.807) is 0 Å². The topological polar surface area (TPSA) is 32.2 Å². The van der Waals surface area contributed by atoms with Crippen LogP contribution in [0.5, 0.6) is 0 Å². The Morgan fingerprint density at radius 2 is 1.31 bits per heavy atom. The Kier molecular flexibility index (Phi) is 15.6. The van der Waals surface area contributed by atoms with Gasteiger partial charge in [0.25, 0.3) is 0 Å². The number of anilines is 2. The minimum absolute atomic E-state index is 0.0371. The molecule has 0 radical (unpaired) electrons. The number of aryl methyl sites for hydroxylation is 1. The predicted molar refractivity (Wildman–Crippen MR) is 295 cm³/mol. The van der Waals surface area contributed by atoms with Gasteiger partial charge in [0, 0.05) is 46.2 Å². The molecule has 1 aliphatic carbocycles. The first kappa shape index (κ1) is 46.9. The van der Waals surface area contributed by atoms with Crippen LogP contribution >= 0.6 is 0 Å².